The Balaban J connectivity index is 1.79. The molecule has 4 atom stereocenters. The minimum atomic E-state index is -0.478. The van der Waals surface area contributed by atoms with Crippen molar-refractivity contribution in [2.45, 2.75) is 39.1 Å². The summed E-state index contributed by atoms with van der Waals surface area (Å²) in [5.74, 6) is 0.745. The molecule has 0 spiro atoms. The molecule has 0 aliphatic carbocycles. The van der Waals surface area contributed by atoms with Crippen LogP contribution in [0.15, 0.2) is 18.2 Å². The van der Waals surface area contributed by atoms with Crippen molar-refractivity contribution in [3.05, 3.63) is 28.8 Å². The first-order valence-electron chi connectivity index (χ1n) is 7.50. The molecule has 1 fully saturated rings. The third-order valence-corrected chi connectivity index (χ3v) is 4.14. The van der Waals surface area contributed by atoms with Crippen molar-refractivity contribution in [1.82, 2.24) is 0 Å². The van der Waals surface area contributed by atoms with Crippen LogP contribution in [-0.2, 0) is 4.74 Å². The summed E-state index contributed by atoms with van der Waals surface area (Å²) in [5, 5.41) is 10.9. The summed E-state index contributed by atoms with van der Waals surface area (Å²) in [5.41, 5.74) is 0.977. The summed E-state index contributed by atoms with van der Waals surface area (Å²) < 4.78 is 11.4. The van der Waals surface area contributed by atoms with Crippen LogP contribution < -0.4 is 9.64 Å². The van der Waals surface area contributed by atoms with Crippen LogP contribution >= 0.6 is 11.6 Å². The zero-order valence-electron chi connectivity index (χ0n) is 12.9. The molecule has 0 amide bonds. The summed E-state index contributed by atoms with van der Waals surface area (Å²) >= 11 is 5.98. The summed E-state index contributed by atoms with van der Waals surface area (Å²) in [6, 6.07) is 5.53. The average molecular weight is 315 g/mol. The molecule has 4 nitrogen and oxygen atoms in total. The number of rotatable bonds is 5. The van der Waals surface area contributed by atoms with E-state index in [4.69, 9.17) is 21.1 Å². The molecule has 21 heavy (non-hydrogen) atoms. The van der Waals surface area contributed by atoms with Crippen LogP contribution in [-0.4, -0.2) is 49.7 Å². The van der Waals surface area contributed by atoms with E-state index in [1.807, 2.05) is 25.1 Å². The van der Waals surface area contributed by atoms with Gasteiger partial charge in [-0.25, -0.2) is 0 Å². The van der Waals surface area contributed by atoms with Crippen molar-refractivity contribution in [3.63, 3.8) is 0 Å². The van der Waals surface area contributed by atoms with Gasteiger partial charge in [-0.15, -0.1) is 0 Å². The fourth-order valence-electron chi connectivity index (χ4n) is 2.85. The number of quaternary nitrogens is 1. The zero-order valence-corrected chi connectivity index (χ0v) is 13.7. The molecule has 118 valence electrons. The SMILES string of the molecule is Cc1cc(OC[C@H](O)C[NH+]2C[C@@H](C)O[C@@H](C)C2)ccc1Cl. The highest BCUT2D eigenvalue weighted by Crippen LogP contribution is 2.21. The topological polar surface area (TPSA) is 43.1 Å². The van der Waals surface area contributed by atoms with E-state index < -0.39 is 6.10 Å². The molecule has 1 aliphatic rings. The van der Waals surface area contributed by atoms with Crippen LogP contribution in [0.25, 0.3) is 0 Å². The van der Waals surface area contributed by atoms with Crippen molar-refractivity contribution >= 4 is 11.6 Å². The standard InChI is InChI=1S/C16H24ClNO3/c1-11-6-15(4-5-16(11)17)20-10-14(19)9-18-7-12(2)21-13(3)8-18/h4-6,12-14,19H,7-10H2,1-3H3/p+1/t12-,13+,14-/m1/s1. The predicted octanol–water partition coefficient (Wildman–Crippen LogP) is 1.08. The lowest BCUT2D eigenvalue weighted by molar-refractivity contribution is -0.918. The van der Waals surface area contributed by atoms with E-state index >= 15 is 0 Å². The number of aryl methyl sites for hydroxylation is 1. The maximum Gasteiger partial charge on any atom is 0.137 e. The van der Waals surface area contributed by atoms with Gasteiger partial charge in [0, 0.05) is 5.02 Å². The Kier molecular flexibility index (Phi) is 5.88. The normalized spacial score (nSPS) is 27.4. The van der Waals surface area contributed by atoms with Crippen LogP contribution in [0.1, 0.15) is 19.4 Å². The zero-order chi connectivity index (χ0) is 15.4. The second-order valence-electron chi connectivity index (χ2n) is 6.00. The lowest BCUT2D eigenvalue weighted by Gasteiger charge is -2.33. The monoisotopic (exact) mass is 314 g/mol. The van der Waals surface area contributed by atoms with Crippen molar-refractivity contribution in [2.75, 3.05) is 26.2 Å². The third-order valence-electron chi connectivity index (χ3n) is 3.71. The van der Waals surface area contributed by atoms with Gasteiger partial charge in [-0.05, 0) is 44.5 Å². The maximum atomic E-state index is 10.1. The van der Waals surface area contributed by atoms with E-state index in [1.165, 1.54) is 4.90 Å². The lowest BCUT2D eigenvalue weighted by Crippen LogP contribution is -3.16. The van der Waals surface area contributed by atoms with E-state index in [0.29, 0.717) is 13.2 Å². The Labute approximate surface area is 131 Å². The van der Waals surface area contributed by atoms with E-state index in [1.54, 1.807) is 0 Å². The maximum absolute atomic E-state index is 10.1. The molecule has 0 radical (unpaired) electrons. The number of hydrogen-bond donors (Lipinski definition) is 2. The van der Waals surface area contributed by atoms with Gasteiger partial charge in [0.05, 0.1) is 0 Å². The fraction of sp³-hybridized carbons (Fsp3) is 0.625. The van der Waals surface area contributed by atoms with Crippen molar-refractivity contribution in [2.24, 2.45) is 0 Å². The number of ether oxygens (including phenoxy) is 2. The van der Waals surface area contributed by atoms with Crippen LogP contribution in [0, 0.1) is 6.92 Å². The number of aliphatic hydroxyl groups is 1. The molecule has 1 unspecified atom stereocenters. The Morgan fingerprint density at radius 3 is 2.67 bits per heavy atom. The Hall–Kier alpha value is -0.810. The lowest BCUT2D eigenvalue weighted by atomic mass is 10.2. The molecule has 2 N–H and O–H groups in total. The first-order valence-corrected chi connectivity index (χ1v) is 7.88. The fourth-order valence-corrected chi connectivity index (χ4v) is 2.96. The molecule has 1 aliphatic heterocycles. The van der Waals surface area contributed by atoms with E-state index in [0.717, 1.165) is 29.4 Å². The summed E-state index contributed by atoms with van der Waals surface area (Å²) in [7, 11) is 0. The number of halogens is 1. The van der Waals surface area contributed by atoms with Gasteiger partial charge in [0.15, 0.2) is 0 Å². The average Bonchev–Trinajstić information content (AvgIpc) is 2.39. The highest BCUT2D eigenvalue weighted by atomic mass is 35.5. The van der Waals surface area contributed by atoms with Gasteiger partial charge in [-0.3, -0.25) is 0 Å². The van der Waals surface area contributed by atoms with Gasteiger partial charge >= 0.3 is 0 Å². The smallest absolute Gasteiger partial charge is 0.137 e. The van der Waals surface area contributed by atoms with Gasteiger partial charge in [-0.2, -0.15) is 0 Å². The minimum Gasteiger partial charge on any atom is -0.491 e. The molecule has 1 aromatic carbocycles. The summed E-state index contributed by atoms with van der Waals surface area (Å²) in [6.45, 7) is 8.94. The molecule has 0 saturated carbocycles. The van der Waals surface area contributed by atoms with E-state index in [9.17, 15) is 5.11 Å². The first-order chi connectivity index (χ1) is 9.94. The Morgan fingerprint density at radius 2 is 2.05 bits per heavy atom. The second kappa shape index (κ2) is 7.45. The van der Waals surface area contributed by atoms with Crippen molar-refractivity contribution in [3.8, 4) is 5.75 Å². The molecule has 0 bridgehead atoms. The molecule has 1 aromatic rings. The van der Waals surface area contributed by atoms with Crippen LogP contribution in [0.4, 0.5) is 0 Å². The molecular formula is C16H25ClNO3+. The number of aliphatic hydroxyl groups excluding tert-OH is 1. The third kappa shape index (κ3) is 5.15. The quantitative estimate of drug-likeness (QED) is 0.855. The predicted molar refractivity (Wildman–Crippen MR) is 83.3 cm³/mol. The number of nitrogens with one attached hydrogen (secondary N) is 1. The largest absolute Gasteiger partial charge is 0.491 e. The van der Waals surface area contributed by atoms with Crippen molar-refractivity contribution < 1.29 is 19.5 Å². The first kappa shape index (κ1) is 16.6. The van der Waals surface area contributed by atoms with Crippen LogP contribution in [0.5, 0.6) is 5.75 Å². The molecule has 5 heteroatoms. The van der Waals surface area contributed by atoms with Gasteiger partial charge in [0.2, 0.25) is 0 Å². The number of benzene rings is 1. The Morgan fingerprint density at radius 1 is 1.38 bits per heavy atom. The van der Waals surface area contributed by atoms with Gasteiger partial charge in [-0.1, -0.05) is 11.6 Å². The molecular weight excluding hydrogens is 290 g/mol. The highest BCUT2D eigenvalue weighted by molar-refractivity contribution is 6.31. The van der Waals surface area contributed by atoms with Crippen molar-refractivity contribution in [1.29, 1.82) is 0 Å². The molecule has 1 saturated heterocycles. The van der Waals surface area contributed by atoms with E-state index in [2.05, 4.69) is 13.8 Å². The summed E-state index contributed by atoms with van der Waals surface area (Å²) in [4.78, 5) is 1.37. The van der Waals surface area contributed by atoms with Gasteiger partial charge in [0.1, 0.15) is 50.3 Å². The molecule has 1 heterocycles. The highest BCUT2D eigenvalue weighted by Gasteiger charge is 2.27. The van der Waals surface area contributed by atoms with E-state index in [-0.39, 0.29) is 12.2 Å². The van der Waals surface area contributed by atoms with Gasteiger partial charge < -0.3 is 19.5 Å². The molecule has 2 rings (SSSR count). The minimum absolute atomic E-state index is 0.246. The van der Waals surface area contributed by atoms with Crippen LogP contribution in [0.2, 0.25) is 5.02 Å². The number of morpholine rings is 1. The summed E-state index contributed by atoms with van der Waals surface area (Å²) in [6.07, 6.45) is 0.0139. The number of hydrogen-bond acceptors (Lipinski definition) is 3. The van der Waals surface area contributed by atoms with Crippen LogP contribution in [0.3, 0.4) is 0 Å². The Bertz CT molecular complexity index is 459. The van der Waals surface area contributed by atoms with Gasteiger partial charge in [0.25, 0.3) is 0 Å². The molecule has 0 aromatic heterocycles. The second-order valence-corrected chi connectivity index (χ2v) is 6.40.